The summed E-state index contributed by atoms with van der Waals surface area (Å²) in [5.74, 6) is 0.987. The maximum Gasteiger partial charge on any atom is 0.123 e. The van der Waals surface area contributed by atoms with Gasteiger partial charge in [0.25, 0.3) is 0 Å². The number of ether oxygens (including phenoxy) is 1. The van der Waals surface area contributed by atoms with E-state index in [2.05, 4.69) is 19.0 Å². The molecule has 0 spiro atoms. The molecule has 1 heterocycles. The lowest BCUT2D eigenvalue weighted by molar-refractivity contribution is 0.184. The van der Waals surface area contributed by atoms with Crippen LogP contribution >= 0.6 is 11.6 Å². The van der Waals surface area contributed by atoms with E-state index >= 15 is 0 Å². The minimum atomic E-state index is 0.276. The van der Waals surface area contributed by atoms with Gasteiger partial charge in [0.05, 0.1) is 0 Å². The number of benzene rings is 1. The first kappa shape index (κ1) is 9.81. The fraction of sp³-hybridized carbons (Fsp3) is 0.455. The van der Waals surface area contributed by atoms with Gasteiger partial charge in [0, 0.05) is 18.0 Å². The highest BCUT2D eigenvalue weighted by molar-refractivity contribution is 6.30. The minimum absolute atomic E-state index is 0.276. The van der Waals surface area contributed by atoms with Crippen molar-refractivity contribution in [2.24, 2.45) is 0 Å². The molecule has 1 atom stereocenters. The average Bonchev–Trinajstić information content (AvgIpc) is 2.44. The van der Waals surface area contributed by atoms with Gasteiger partial charge in [0.15, 0.2) is 0 Å². The molecule has 2 rings (SSSR count). The SMILES string of the molecule is CN(C)CC1Cc2cc(Cl)ccc2O1. The summed E-state index contributed by atoms with van der Waals surface area (Å²) in [4.78, 5) is 2.14. The summed E-state index contributed by atoms with van der Waals surface area (Å²) in [7, 11) is 4.11. The molecule has 1 aliphatic heterocycles. The molecule has 2 nitrogen and oxygen atoms in total. The number of likely N-dealkylation sites (N-methyl/N-ethyl adjacent to an activating group) is 1. The van der Waals surface area contributed by atoms with Gasteiger partial charge < -0.3 is 9.64 Å². The van der Waals surface area contributed by atoms with Crippen LogP contribution in [-0.2, 0) is 6.42 Å². The maximum atomic E-state index is 5.91. The fourth-order valence-electron chi connectivity index (χ4n) is 1.80. The van der Waals surface area contributed by atoms with Gasteiger partial charge in [0.1, 0.15) is 11.9 Å². The van der Waals surface area contributed by atoms with Crippen LogP contribution in [0.3, 0.4) is 0 Å². The quantitative estimate of drug-likeness (QED) is 0.744. The third kappa shape index (κ3) is 2.02. The van der Waals surface area contributed by atoms with Crippen molar-refractivity contribution in [3.8, 4) is 5.75 Å². The molecule has 0 fully saturated rings. The highest BCUT2D eigenvalue weighted by atomic mass is 35.5. The number of fused-ring (bicyclic) bond motifs is 1. The van der Waals surface area contributed by atoms with Crippen molar-refractivity contribution in [3.63, 3.8) is 0 Å². The zero-order chi connectivity index (χ0) is 10.1. The zero-order valence-electron chi connectivity index (χ0n) is 8.46. The molecule has 76 valence electrons. The van der Waals surface area contributed by atoms with Crippen LogP contribution in [0, 0.1) is 0 Å². The summed E-state index contributed by atoms with van der Waals surface area (Å²) >= 11 is 5.91. The Morgan fingerprint density at radius 2 is 2.29 bits per heavy atom. The van der Waals surface area contributed by atoms with E-state index in [4.69, 9.17) is 16.3 Å². The van der Waals surface area contributed by atoms with Gasteiger partial charge in [0.2, 0.25) is 0 Å². The fourth-order valence-corrected chi connectivity index (χ4v) is 1.99. The Balaban J connectivity index is 2.10. The van der Waals surface area contributed by atoms with Gasteiger partial charge in [-0.3, -0.25) is 0 Å². The van der Waals surface area contributed by atoms with E-state index in [9.17, 15) is 0 Å². The Labute approximate surface area is 89.4 Å². The summed E-state index contributed by atoms with van der Waals surface area (Å²) in [5, 5.41) is 0.790. The predicted octanol–water partition coefficient (Wildman–Crippen LogP) is 2.21. The number of hydrogen-bond donors (Lipinski definition) is 0. The van der Waals surface area contributed by atoms with Crippen molar-refractivity contribution in [3.05, 3.63) is 28.8 Å². The Morgan fingerprint density at radius 3 is 3.00 bits per heavy atom. The minimum Gasteiger partial charge on any atom is -0.488 e. The molecule has 0 N–H and O–H groups in total. The molecule has 0 amide bonds. The highest BCUT2D eigenvalue weighted by Crippen LogP contribution is 2.31. The Kier molecular flexibility index (Phi) is 2.66. The normalized spacial score (nSPS) is 19.6. The summed E-state index contributed by atoms with van der Waals surface area (Å²) in [6, 6.07) is 5.82. The van der Waals surface area contributed by atoms with Crippen molar-refractivity contribution in [2.75, 3.05) is 20.6 Å². The van der Waals surface area contributed by atoms with Crippen molar-refractivity contribution >= 4 is 11.6 Å². The molecular weight excluding hydrogens is 198 g/mol. The molecule has 0 saturated carbocycles. The second kappa shape index (κ2) is 3.79. The number of halogens is 1. The van der Waals surface area contributed by atoms with E-state index in [0.29, 0.717) is 0 Å². The second-order valence-corrected chi connectivity index (χ2v) is 4.39. The number of nitrogens with zero attached hydrogens (tertiary/aromatic N) is 1. The van der Waals surface area contributed by atoms with Crippen LogP contribution in [0.4, 0.5) is 0 Å². The third-order valence-corrected chi connectivity index (χ3v) is 2.57. The molecule has 3 heteroatoms. The molecule has 1 aromatic rings. The Hall–Kier alpha value is -0.730. The molecule has 1 unspecified atom stereocenters. The topological polar surface area (TPSA) is 12.5 Å². The van der Waals surface area contributed by atoms with Crippen molar-refractivity contribution in [2.45, 2.75) is 12.5 Å². The van der Waals surface area contributed by atoms with E-state index in [0.717, 1.165) is 23.7 Å². The van der Waals surface area contributed by atoms with Crippen LogP contribution in [-0.4, -0.2) is 31.6 Å². The predicted molar refractivity (Wildman–Crippen MR) is 58.1 cm³/mol. The van der Waals surface area contributed by atoms with E-state index < -0.39 is 0 Å². The molecule has 0 radical (unpaired) electrons. The van der Waals surface area contributed by atoms with Crippen LogP contribution in [0.2, 0.25) is 5.02 Å². The lowest BCUT2D eigenvalue weighted by Gasteiger charge is -2.15. The summed E-state index contributed by atoms with van der Waals surface area (Å²) in [6.45, 7) is 0.951. The maximum absolute atomic E-state index is 5.91. The Morgan fingerprint density at radius 1 is 1.50 bits per heavy atom. The molecule has 0 saturated heterocycles. The van der Waals surface area contributed by atoms with Gasteiger partial charge in [-0.15, -0.1) is 0 Å². The van der Waals surface area contributed by atoms with Crippen molar-refractivity contribution < 1.29 is 4.74 Å². The lowest BCUT2D eigenvalue weighted by Crippen LogP contribution is -2.29. The molecule has 1 aliphatic rings. The molecular formula is C11H14ClNO. The van der Waals surface area contributed by atoms with Gasteiger partial charge in [-0.05, 0) is 37.9 Å². The first-order chi connectivity index (χ1) is 6.65. The van der Waals surface area contributed by atoms with Crippen LogP contribution in [0.5, 0.6) is 5.75 Å². The molecule has 0 bridgehead atoms. The van der Waals surface area contributed by atoms with Gasteiger partial charge >= 0.3 is 0 Å². The molecule has 14 heavy (non-hydrogen) atoms. The average molecular weight is 212 g/mol. The second-order valence-electron chi connectivity index (χ2n) is 3.96. The van der Waals surface area contributed by atoms with Gasteiger partial charge in [-0.25, -0.2) is 0 Å². The van der Waals surface area contributed by atoms with Crippen LogP contribution in [0.1, 0.15) is 5.56 Å². The summed E-state index contributed by atoms with van der Waals surface area (Å²) in [6.07, 6.45) is 1.24. The molecule has 0 aromatic heterocycles. The highest BCUT2D eigenvalue weighted by Gasteiger charge is 2.23. The smallest absolute Gasteiger partial charge is 0.123 e. The summed E-state index contributed by atoms with van der Waals surface area (Å²) < 4.78 is 5.77. The van der Waals surface area contributed by atoms with E-state index in [1.807, 2.05) is 18.2 Å². The molecule has 1 aromatic carbocycles. The Bertz CT molecular complexity index is 338. The number of hydrogen-bond acceptors (Lipinski definition) is 2. The van der Waals surface area contributed by atoms with Gasteiger partial charge in [-0.2, -0.15) is 0 Å². The van der Waals surface area contributed by atoms with E-state index in [1.165, 1.54) is 5.56 Å². The standard InChI is InChI=1S/C11H14ClNO/c1-13(2)7-10-6-8-5-9(12)3-4-11(8)14-10/h3-5,10H,6-7H2,1-2H3. The molecule has 0 aliphatic carbocycles. The monoisotopic (exact) mass is 211 g/mol. The lowest BCUT2D eigenvalue weighted by atomic mass is 10.1. The summed E-state index contributed by atoms with van der Waals surface area (Å²) in [5.41, 5.74) is 1.23. The third-order valence-electron chi connectivity index (χ3n) is 2.33. The first-order valence-corrected chi connectivity index (χ1v) is 5.13. The van der Waals surface area contributed by atoms with E-state index in [1.54, 1.807) is 0 Å². The van der Waals surface area contributed by atoms with Gasteiger partial charge in [-0.1, -0.05) is 11.6 Å². The van der Waals surface area contributed by atoms with Crippen LogP contribution in [0.25, 0.3) is 0 Å². The van der Waals surface area contributed by atoms with Crippen LogP contribution < -0.4 is 4.74 Å². The van der Waals surface area contributed by atoms with E-state index in [-0.39, 0.29) is 6.10 Å². The number of rotatable bonds is 2. The largest absolute Gasteiger partial charge is 0.488 e. The first-order valence-electron chi connectivity index (χ1n) is 4.75. The zero-order valence-corrected chi connectivity index (χ0v) is 9.21. The van der Waals surface area contributed by atoms with Crippen molar-refractivity contribution in [1.29, 1.82) is 0 Å². The van der Waals surface area contributed by atoms with Crippen molar-refractivity contribution in [1.82, 2.24) is 4.90 Å². The van der Waals surface area contributed by atoms with Crippen LogP contribution in [0.15, 0.2) is 18.2 Å².